The Kier molecular flexibility index (Phi) is 4.59. The SMILES string of the molecule is COc1ccc(N2Cc3nc(=O)n(CC(=O)Nc4ccccc4F)n3C2=O)cc1. The van der Waals surface area contributed by atoms with Crippen LogP contribution in [-0.2, 0) is 17.9 Å². The molecule has 2 amide bonds. The Morgan fingerprint density at radius 1 is 1.17 bits per heavy atom. The van der Waals surface area contributed by atoms with E-state index in [4.69, 9.17) is 4.74 Å². The maximum atomic E-state index is 13.7. The molecule has 0 radical (unpaired) electrons. The third kappa shape index (κ3) is 3.35. The van der Waals surface area contributed by atoms with E-state index in [-0.39, 0.29) is 18.1 Å². The molecule has 0 spiro atoms. The van der Waals surface area contributed by atoms with Gasteiger partial charge < -0.3 is 10.1 Å². The number of hydrogen-bond donors (Lipinski definition) is 1. The molecule has 0 atom stereocenters. The van der Waals surface area contributed by atoms with Gasteiger partial charge in [-0.05, 0) is 36.4 Å². The van der Waals surface area contributed by atoms with E-state index in [1.165, 1.54) is 30.2 Å². The lowest BCUT2D eigenvalue weighted by Gasteiger charge is -2.16. The fourth-order valence-electron chi connectivity index (χ4n) is 3.07. The average molecular weight is 397 g/mol. The van der Waals surface area contributed by atoms with Gasteiger partial charge in [-0.2, -0.15) is 9.67 Å². The van der Waals surface area contributed by atoms with Gasteiger partial charge in [-0.1, -0.05) is 12.1 Å². The van der Waals surface area contributed by atoms with Gasteiger partial charge in [0.05, 0.1) is 19.3 Å². The molecular weight excluding hydrogens is 381 g/mol. The molecule has 0 aliphatic carbocycles. The number of aromatic nitrogens is 3. The molecule has 0 saturated heterocycles. The molecule has 1 N–H and O–H groups in total. The molecule has 3 aromatic rings. The maximum absolute atomic E-state index is 13.7. The number of halogens is 1. The van der Waals surface area contributed by atoms with E-state index < -0.39 is 30.0 Å². The van der Waals surface area contributed by atoms with Gasteiger partial charge >= 0.3 is 11.7 Å². The second-order valence-corrected chi connectivity index (χ2v) is 6.27. The van der Waals surface area contributed by atoms with Gasteiger partial charge in [0.25, 0.3) is 0 Å². The zero-order valence-electron chi connectivity index (χ0n) is 15.3. The van der Waals surface area contributed by atoms with E-state index in [1.807, 2.05) is 0 Å². The lowest BCUT2D eigenvalue weighted by Crippen LogP contribution is -2.36. The van der Waals surface area contributed by atoms with Crippen molar-refractivity contribution >= 4 is 23.3 Å². The van der Waals surface area contributed by atoms with Crippen LogP contribution in [0.1, 0.15) is 5.82 Å². The van der Waals surface area contributed by atoms with Crippen LogP contribution in [0.25, 0.3) is 0 Å². The minimum Gasteiger partial charge on any atom is -0.497 e. The molecule has 29 heavy (non-hydrogen) atoms. The van der Waals surface area contributed by atoms with E-state index in [0.29, 0.717) is 11.4 Å². The van der Waals surface area contributed by atoms with Crippen molar-refractivity contribution in [1.82, 2.24) is 14.3 Å². The smallest absolute Gasteiger partial charge is 0.365 e. The Balaban J connectivity index is 1.56. The zero-order chi connectivity index (χ0) is 20.5. The highest BCUT2D eigenvalue weighted by Crippen LogP contribution is 2.25. The van der Waals surface area contributed by atoms with Crippen molar-refractivity contribution in [3.05, 3.63) is 70.7 Å². The van der Waals surface area contributed by atoms with E-state index in [0.717, 1.165) is 9.36 Å². The first-order valence-corrected chi connectivity index (χ1v) is 8.67. The topological polar surface area (TPSA) is 98.5 Å². The minimum atomic E-state index is -0.730. The maximum Gasteiger partial charge on any atom is 0.365 e. The fourth-order valence-corrected chi connectivity index (χ4v) is 3.07. The summed E-state index contributed by atoms with van der Waals surface area (Å²) < 4.78 is 20.8. The molecule has 0 bridgehead atoms. The number of ether oxygens (including phenoxy) is 1. The molecule has 10 heteroatoms. The van der Waals surface area contributed by atoms with E-state index in [1.54, 1.807) is 30.3 Å². The zero-order valence-corrected chi connectivity index (χ0v) is 15.3. The van der Waals surface area contributed by atoms with Gasteiger partial charge in [-0.25, -0.2) is 18.7 Å². The predicted octanol–water partition coefficient (Wildman–Crippen LogP) is 1.82. The quantitative estimate of drug-likeness (QED) is 0.708. The molecular formula is C19H16FN5O4. The number of para-hydroxylation sites is 1. The summed E-state index contributed by atoms with van der Waals surface area (Å²) in [6, 6.07) is 12.0. The molecule has 1 aliphatic heterocycles. The Morgan fingerprint density at radius 3 is 2.59 bits per heavy atom. The molecule has 2 aromatic carbocycles. The summed E-state index contributed by atoms with van der Waals surface area (Å²) in [5, 5.41) is 2.38. The molecule has 0 fully saturated rings. The second-order valence-electron chi connectivity index (χ2n) is 6.27. The van der Waals surface area contributed by atoms with Crippen LogP contribution in [0.5, 0.6) is 5.75 Å². The number of rotatable bonds is 5. The van der Waals surface area contributed by atoms with Crippen molar-refractivity contribution in [3.63, 3.8) is 0 Å². The van der Waals surface area contributed by atoms with Crippen LogP contribution in [0, 0.1) is 5.82 Å². The first-order chi connectivity index (χ1) is 14.0. The van der Waals surface area contributed by atoms with Crippen molar-refractivity contribution in [2.45, 2.75) is 13.1 Å². The summed E-state index contributed by atoms with van der Waals surface area (Å²) in [4.78, 5) is 42.6. The first-order valence-electron chi connectivity index (χ1n) is 8.67. The van der Waals surface area contributed by atoms with Gasteiger partial charge in [-0.3, -0.25) is 9.69 Å². The van der Waals surface area contributed by atoms with Crippen LogP contribution in [-0.4, -0.2) is 33.4 Å². The van der Waals surface area contributed by atoms with Crippen molar-refractivity contribution < 1.29 is 18.7 Å². The molecule has 2 heterocycles. The van der Waals surface area contributed by atoms with Crippen LogP contribution in [0.2, 0.25) is 0 Å². The van der Waals surface area contributed by atoms with Crippen molar-refractivity contribution in [2.24, 2.45) is 0 Å². The van der Waals surface area contributed by atoms with Crippen molar-refractivity contribution in [1.29, 1.82) is 0 Å². The molecule has 0 unspecified atom stereocenters. The molecule has 9 nitrogen and oxygen atoms in total. The fraction of sp³-hybridized carbons (Fsp3) is 0.158. The standard InChI is InChI=1S/C19H16FN5O4/c1-29-13-8-6-12(7-9-13)23-10-16-22-18(27)24(25(16)19(23)28)11-17(26)21-15-5-3-2-4-14(15)20/h2-9H,10-11H2,1H3,(H,21,26). The number of amides is 2. The molecule has 4 rings (SSSR count). The minimum absolute atomic E-state index is 0.0158. The number of fused-ring (bicyclic) bond motifs is 1. The highest BCUT2D eigenvalue weighted by Gasteiger charge is 2.33. The van der Waals surface area contributed by atoms with Gasteiger partial charge in [0, 0.05) is 5.69 Å². The highest BCUT2D eigenvalue weighted by atomic mass is 19.1. The third-order valence-electron chi connectivity index (χ3n) is 4.47. The Morgan fingerprint density at radius 2 is 1.90 bits per heavy atom. The van der Waals surface area contributed by atoms with E-state index in [9.17, 15) is 18.8 Å². The molecule has 148 valence electrons. The van der Waals surface area contributed by atoms with Crippen molar-refractivity contribution in [3.8, 4) is 5.75 Å². The summed E-state index contributed by atoms with van der Waals surface area (Å²) in [6.07, 6.45) is 0. The number of methoxy groups -OCH3 is 1. The van der Waals surface area contributed by atoms with Crippen LogP contribution in [0.4, 0.5) is 20.6 Å². The normalized spacial score (nSPS) is 12.8. The predicted molar refractivity (Wildman–Crippen MR) is 101 cm³/mol. The van der Waals surface area contributed by atoms with Gasteiger partial charge in [-0.15, -0.1) is 0 Å². The van der Waals surface area contributed by atoms with Gasteiger partial charge in [0.1, 0.15) is 18.1 Å². The second kappa shape index (κ2) is 7.23. The summed E-state index contributed by atoms with van der Waals surface area (Å²) >= 11 is 0. The lowest BCUT2D eigenvalue weighted by atomic mass is 10.3. The van der Waals surface area contributed by atoms with Crippen LogP contribution < -0.4 is 20.6 Å². The number of nitrogens with one attached hydrogen (secondary N) is 1. The number of carbonyl (C=O) groups is 2. The Labute approximate surface area is 163 Å². The summed E-state index contributed by atoms with van der Waals surface area (Å²) in [5.74, 6) is -0.404. The van der Waals surface area contributed by atoms with Crippen LogP contribution in [0.3, 0.4) is 0 Å². The largest absolute Gasteiger partial charge is 0.497 e. The van der Waals surface area contributed by atoms with E-state index in [2.05, 4.69) is 10.3 Å². The molecule has 1 aliphatic rings. The Hall–Kier alpha value is -3.95. The number of hydrogen-bond acceptors (Lipinski definition) is 5. The molecule has 0 saturated carbocycles. The number of benzene rings is 2. The summed E-state index contributed by atoms with van der Waals surface area (Å²) in [5.41, 5.74) is -0.152. The average Bonchev–Trinajstić information content (AvgIpc) is 3.19. The number of carbonyl (C=O) groups excluding carboxylic acids is 2. The summed E-state index contributed by atoms with van der Waals surface area (Å²) in [7, 11) is 1.54. The van der Waals surface area contributed by atoms with Gasteiger partial charge in [0.2, 0.25) is 5.91 Å². The number of anilines is 2. The monoisotopic (exact) mass is 397 g/mol. The van der Waals surface area contributed by atoms with Crippen LogP contribution in [0.15, 0.2) is 53.3 Å². The third-order valence-corrected chi connectivity index (χ3v) is 4.47. The van der Waals surface area contributed by atoms with E-state index >= 15 is 0 Å². The number of nitrogens with zero attached hydrogens (tertiary/aromatic N) is 4. The highest BCUT2D eigenvalue weighted by molar-refractivity contribution is 5.96. The summed E-state index contributed by atoms with van der Waals surface area (Å²) in [6.45, 7) is -0.398. The van der Waals surface area contributed by atoms with Gasteiger partial charge in [0.15, 0.2) is 5.82 Å². The first kappa shape index (κ1) is 18.4. The Bertz CT molecular complexity index is 1150. The van der Waals surface area contributed by atoms with Crippen molar-refractivity contribution in [2.75, 3.05) is 17.3 Å². The van der Waals surface area contributed by atoms with Crippen LogP contribution >= 0.6 is 0 Å². The lowest BCUT2D eigenvalue weighted by molar-refractivity contribution is -0.117. The molecule has 1 aromatic heterocycles.